The molecule has 0 atom stereocenters. The van der Waals surface area contributed by atoms with Crippen molar-refractivity contribution in [3.8, 4) is 0 Å². The summed E-state index contributed by atoms with van der Waals surface area (Å²) in [5.41, 5.74) is 3.13. The molecule has 3 aromatic rings. The molecule has 0 saturated carbocycles. The Labute approximate surface area is 224 Å². The monoisotopic (exact) mass is 531 g/mol. The second kappa shape index (κ2) is 15.9. The molecule has 3 N–H and O–H groups in total. The van der Waals surface area contributed by atoms with E-state index in [-0.39, 0.29) is 5.91 Å². The van der Waals surface area contributed by atoms with Crippen LogP contribution >= 0.6 is 0 Å². The summed E-state index contributed by atoms with van der Waals surface area (Å²) in [6.45, 7) is 10.9. The third-order valence-corrected chi connectivity index (χ3v) is 5.98. The number of aromatic nitrogens is 1. The highest BCUT2D eigenvalue weighted by Gasteiger charge is 2.29. The number of nitrogens with zero attached hydrogens (tertiary/aromatic N) is 2. The van der Waals surface area contributed by atoms with Crippen LogP contribution in [-0.4, -0.2) is 55.6 Å². The molecular weight excluding hydrogens is 491 g/mol. The molecule has 3 rings (SSSR count). The summed E-state index contributed by atoms with van der Waals surface area (Å²) in [5, 5.41) is 10.4. The SMILES string of the molecule is CCCN(CC)CCCNC(=O)CNCc1ccc2cccc(NC)c2n1.Cc1ccc(C(F)(F)F)cc1. The van der Waals surface area contributed by atoms with E-state index in [1.807, 2.05) is 31.3 Å². The lowest BCUT2D eigenvalue weighted by molar-refractivity contribution is -0.137. The zero-order chi connectivity index (χ0) is 28.0. The van der Waals surface area contributed by atoms with Crippen LogP contribution in [0.15, 0.2) is 54.6 Å². The van der Waals surface area contributed by atoms with E-state index < -0.39 is 11.7 Å². The van der Waals surface area contributed by atoms with Crippen LogP contribution in [0.25, 0.3) is 10.9 Å². The average Bonchev–Trinajstić information content (AvgIpc) is 2.90. The van der Waals surface area contributed by atoms with Crippen LogP contribution < -0.4 is 16.0 Å². The van der Waals surface area contributed by atoms with Gasteiger partial charge in [0.25, 0.3) is 0 Å². The van der Waals surface area contributed by atoms with Gasteiger partial charge in [-0.1, -0.05) is 49.7 Å². The summed E-state index contributed by atoms with van der Waals surface area (Å²) in [6.07, 6.45) is -2.06. The predicted octanol–water partition coefficient (Wildman–Crippen LogP) is 5.62. The number of hydrogen-bond donors (Lipinski definition) is 3. The maximum absolute atomic E-state index is 12.0. The topological polar surface area (TPSA) is 69.3 Å². The van der Waals surface area contributed by atoms with Crippen LogP contribution in [0, 0.1) is 6.92 Å². The third-order valence-electron chi connectivity index (χ3n) is 5.98. The molecule has 0 fully saturated rings. The van der Waals surface area contributed by atoms with Gasteiger partial charge in [0.1, 0.15) is 0 Å². The van der Waals surface area contributed by atoms with Crippen molar-refractivity contribution < 1.29 is 18.0 Å². The minimum absolute atomic E-state index is 0.0326. The summed E-state index contributed by atoms with van der Waals surface area (Å²) in [4.78, 5) is 19.1. The number of amides is 1. The number of fused-ring (bicyclic) bond motifs is 1. The van der Waals surface area contributed by atoms with Gasteiger partial charge >= 0.3 is 6.18 Å². The Kier molecular flexibility index (Phi) is 13.0. The van der Waals surface area contributed by atoms with Crippen LogP contribution in [0.4, 0.5) is 18.9 Å². The fourth-order valence-electron chi connectivity index (χ4n) is 3.87. The fourth-order valence-corrected chi connectivity index (χ4v) is 3.87. The van der Waals surface area contributed by atoms with E-state index in [9.17, 15) is 18.0 Å². The van der Waals surface area contributed by atoms with Gasteiger partial charge in [0, 0.05) is 25.5 Å². The number of halogens is 3. The number of para-hydroxylation sites is 1. The molecule has 0 aliphatic rings. The van der Waals surface area contributed by atoms with Gasteiger partial charge in [0.15, 0.2) is 0 Å². The molecule has 1 amide bonds. The number of benzene rings is 2. The first-order chi connectivity index (χ1) is 18.2. The van der Waals surface area contributed by atoms with Crippen LogP contribution in [0.1, 0.15) is 43.5 Å². The largest absolute Gasteiger partial charge is 0.416 e. The van der Waals surface area contributed by atoms with Gasteiger partial charge in [0.2, 0.25) is 5.91 Å². The smallest absolute Gasteiger partial charge is 0.386 e. The molecule has 0 aliphatic heterocycles. The van der Waals surface area contributed by atoms with Gasteiger partial charge in [-0.2, -0.15) is 13.2 Å². The number of alkyl halides is 3. The fraction of sp³-hybridized carbons (Fsp3) is 0.448. The molecule has 0 unspecified atom stereocenters. The normalized spacial score (nSPS) is 11.3. The Hall–Kier alpha value is -3.17. The van der Waals surface area contributed by atoms with Crippen LogP contribution in [-0.2, 0) is 17.5 Å². The molecule has 0 saturated heterocycles. The van der Waals surface area contributed by atoms with E-state index in [1.54, 1.807) is 6.92 Å². The number of nitrogens with one attached hydrogen (secondary N) is 3. The molecule has 38 heavy (non-hydrogen) atoms. The minimum atomic E-state index is -4.21. The molecule has 6 nitrogen and oxygen atoms in total. The highest BCUT2D eigenvalue weighted by Crippen LogP contribution is 2.28. The Morgan fingerprint density at radius 3 is 2.37 bits per heavy atom. The van der Waals surface area contributed by atoms with Crippen molar-refractivity contribution in [1.82, 2.24) is 20.5 Å². The number of hydrogen-bond acceptors (Lipinski definition) is 5. The molecule has 2 aromatic carbocycles. The summed E-state index contributed by atoms with van der Waals surface area (Å²) in [5.74, 6) is 0.0326. The summed E-state index contributed by atoms with van der Waals surface area (Å²) in [7, 11) is 1.90. The number of anilines is 1. The number of aryl methyl sites for hydroxylation is 1. The van der Waals surface area contributed by atoms with Gasteiger partial charge in [-0.05, 0) is 63.7 Å². The van der Waals surface area contributed by atoms with Gasteiger partial charge in [-0.25, -0.2) is 4.98 Å². The van der Waals surface area contributed by atoms with E-state index >= 15 is 0 Å². The van der Waals surface area contributed by atoms with E-state index in [1.165, 1.54) is 18.6 Å². The van der Waals surface area contributed by atoms with Gasteiger partial charge in [-0.3, -0.25) is 4.79 Å². The molecule has 0 bridgehead atoms. The molecule has 0 spiro atoms. The molecule has 208 valence electrons. The highest BCUT2D eigenvalue weighted by molar-refractivity contribution is 5.90. The van der Waals surface area contributed by atoms with E-state index in [4.69, 9.17) is 4.98 Å². The summed E-state index contributed by atoms with van der Waals surface area (Å²) in [6, 6.07) is 15.2. The van der Waals surface area contributed by atoms with Crippen LogP contribution in [0.5, 0.6) is 0 Å². The van der Waals surface area contributed by atoms with Crippen molar-refractivity contribution in [3.05, 3.63) is 71.4 Å². The Morgan fingerprint density at radius 2 is 1.74 bits per heavy atom. The van der Waals surface area contributed by atoms with E-state index in [0.717, 1.165) is 72.6 Å². The zero-order valence-corrected chi connectivity index (χ0v) is 22.8. The molecule has 0 aliphatic carbocycles. The van der Waals surface area contributed by atoms with Crippen molar-refractivity contribution >= 4 is 22.5 Å². The Bertz CT molecular complexity index is 1120. The molecule has 1 aromatic heterocycles. The summed E-state index contributed by atoms with van der Waals surface area (Å²) < 4.78 is 35.8. The van der Waals surface area contributed by atoms with Crippen molar-refractivity contribution in [2.24, 2.45) is 0 Å². The van der Waals surface area contributed by atoms with Crippen molar-refractivity contribution in [1.29, 1.82) is 0 Å². The lowest BCUT2D eigenvalue weighted by Crippen LogP contribution is -2.35. The first-order valence-electron chi connectivity index (χ1n) is 13.1. The lowest BCUT2D eigenvalue weighted by atomic mass is 10.1. The minimum Gasteiger partial charge on any atom is -0.386 e. The van der Waals surface area contributed by atoms with Crippen molar-refractivity contribution in [2.45, 2.75) is 46.3 Å². The average molecular weight is 532 g/mol. The Balaban J connectivity index is 0.000000384. The standard InChI is InChI=1S/C21H33N5O.C8H7F3/c1-4-13-26(5-2)14-7-12-24-20(27)16-23-15-18-11-10-17-8-6-9-19(22-3)21(17)25-18;1-6-2-4-7(5-3-6)8(9,10)11/h6,8-11,22-23H,4-5,7,12-16H2,1-3H3,(H,24,27);2-5H,1H3. The van der Waals surface area contributed by atoms with E-state index in [2.05, 4.69) is 40.8 Å². The second-order valence-corrected chi connectivity index (χ2v) is 9.03. The number of pyridine rings is 1. The predicted molar refractivity (Wildman–Crippen MR) is 149 cm³/mol. The first-order valence-corrected chi connectivity index (χ1v) is 13.1. The molecule has 9 heteroatoms. The lowest BCUT2D eigenvalue weighted by Gasteiger charge is -2.19. The Morgan fingerprint density at radius 1 is 1.00 bits per heavy atom. The summed E-state index contributed by atoms with van der Waals surface area (Å²) >= 11 is 0. The molecule has 0 radical (unpaired) electrons. The molecular formula is C29H40F3N5O. The number of rotatable bonds is 12. The van der Waals surface area contributed by atoms with E-state index in [0.29, 0.717) is 13.1 Å². The van der Waals surface area contributed by atoms with Gasteiger partial charge in [-0.15, -0.1) is 0 Å². The van der Waals surface area contributed by atoms with Crippen LogP contribution in [0.3, 0.4) is 0 Å². The second-order valence-electron chi connectivity index (χ2n) is 9.03. The van der Waals surface area contributed by atoms with Gasteiger partial charge < -0.3 is 20.9 Å². The zero-order valence-electron chi connectivity index (χ0n) is 22.8. The third kappa shape index (κ3) is 10.7. The van der Waals surface area contributed by atoms with Crippen molar-refractivity contribution in [3.63, 3.8) is 0 Å². The van der Waals surface area contributed by atoms with Crippen LogP contribution in [0.2, 0.25) is 0 Å². The van der Waals surface area contributed by atoms with Gasteiger partial charge in [0.05, 0.1) is 29.0 Å². The maximum Gasteiger partial charge on any atom is 0.416 e. The molecule has 1 heterocycles. The first kappa shape index (κ1) is 31.1. The number of carbonyl (C=O) groups is 1. The van der Waals surface area contributed by atoms with Crippen molar-refractivity contribution in [2.75, 3.05) is 45.1 Å². The highest BCUT2D eigenvalue weighted by atomic mass is 19.4. The quantitative estimate of drug-likeness (QED) is 0.265. The maximum atomic E-state index is 12.0. The number of carbonyl (C=O) groups excluding carboxylic acids is 1.